The molecule has 0 aromatic rings. The molecule has 0 radical (unpaired) electrons. The molecule has 1 heterocycles. The van der Waals surface area contributed by atoms with Crippen molar-refractivity contribution in [2.45, 2.75) is 38.1 Å². The predicted molar refractivity (Wildman–Crippen MR) is 56.0 cm³/mol. The molecule has 3 rings (SSSR count). The molecule has 3 fully saturated rings. The number of aliphatic hydroxyl groups is 1. The lowest BCUT2D eigenvalue weighted by Crippen LogP contribution is -2.42. The summed E-state index contributed by atoms with van der Waals surface area (Å²) in [6.45, 7) is 2.91. The van der Waals surface area contributed by atoms with Crippen LogP contribution in [0.2, 0.25) is 0 Å². The van der Waals surface area contributed by atoms with E-state index in [-0.39, 0.29) is 0 Å². The van der Waals surface area contributed by atoms with Crippen LogP contribution in [0.4, 0.5) is 0 Å². The second kappa shape index (κ2) is 3.49. The van der Waals surface area contributed by atoms with Gasteiger partial charge in [-0.25, -0.2) is 0 Å². The first-order chi connectivity index (χ1) is 6.88. The van der Waals surface area contributed by atoms with E-state index in [2.05, 4.69) is 4.90 Å². The highest BCUT2D eigenvalue weighted by Crippen LogP contribution is 2.53. The molecule has 80 valence electrons. The van der Waals surface area contributed by atoms with Gasteiger partial charge in [-0.05, 0) is 62.9 Å². The summed E-state index contributed by atoms with van der Waals surface area (Å²) in [6, 6.07) is 0.930. The molecular weight excluding hydrogens is 174 g/mol. The van der Waals surface area contributed by atoms with Gasteiger partial charge in [-0.3, -0.25) is 0 Å². The standard InChI is InChI=1S/C12H21NO/c14-8-9-3-5-13(6-4-9)12-2-1-10-7-11(10)12/h9-12,14H,1-8H2. The van der Waals surface area contributed by atoms with Crippen molar-refractivity contribution in [1.29, 1.82) is 0 Å². The van der Waals surface area contributed by atoms with E-state index in [1.54, 1.807) is 0 Å². The average Bonchev–Trinajstić information content (AvgIpc) is 2.91. The smallest absolute Gasteiger partial charge is 0.0460 e. The summed E-state index contributed by atoms with van der Waals surface area (Å²) in [7, 11) is 0. The van der Waals surface area contributed by atoms with Crippen LogP contribution in [0.5, 0.6) is 0 Å². The normalized spacial score (nSPS) is 43.9. The Morgan fingerprint density at radius 2 is 1.86 bits per heavy atom. The Kier molecular flexibility index (Phi) is 2.29. The largest absolute Gasteiger partial charge is 0.396 e. The molecule has 2 saturated carbocycles. The molecule has 2 aliphatic carbocycles. The zero-order valence-electron chi connectivity index (χ0n) is 8.86. The van der Waals surface area contributed by atoms with Crippen LogP contribution >= 0.6 is 0 Å². The fourth-order valence-corrected chi connectivity index (χ4v) is 3.59. The lowest BCUT2D eigenvalue weighted by Gasteiger charge is -2.36. The van der Waals surface area contributed by atoms with Crippen LogP contribution in [-0.2, 0) is 0 Å². The van der Waals surface area contributed by atoms with Crippen molar-refractivity contribution in [1.82, 2.24) is 4.90 Å². The number of piperidine rings is 1. The average molecular weight is 195 g/mol. The summed E-state index contributed by atoms with van der Waals surface area (Å²) in [5, 5.41) is 9.08. The highest BCUT2D eigenvalue weighted by Gasteiger charge is 2.50. The Balaban J connectivity index is 1.54. The topological polar surface area (TPSA) is 23.5 Å². The summed E-state index contributed by atoms with van der Waals surface area (Å²) in [5.41, 5.74) is 0. The lowest BCUT2D eigenvalue weighted by molar-refractivity contribution is 0.0940. The first-order valence-electron chi connectivity index (χ1n) is 6.23. The minimum Gasteiger partial charge on any atom is -0.396 e. The lowest BCUT2D eigenvalue weighted by atomic mass is 9.96. The molecule has 14 heavy (non-hydrogen) atoms. The van der Waals surface area contributed by atoms with E-state index < -0.39 is 0 Å². The van der Waals surface area contributed by atoms with E-state index >= 15 is 0 Å². The second-order valence-electron chi connectivity index (χ2n) is 5.47. The van der Waals surface area contributed by atoms with Gasteiger partial charge in [-0.1, -0.05) is 0 Å². The van der Waals surface area contributed by atoms with Gasteiger partial charge in [0.05, 0.1) is 0 Å². The van der Waals surface area contributed by atoms with E-state index in [9.17, 15) is 0 Å². The molecule has 0 spiro atoms. The molecule has 3 aliphatic rings. The predicted octanol–water partition coefficient (Wildman–Crippen LogP) is 1.49. The van der Waals surface area contributed by atoms with Crippen LogP contribution in [0.3, 0.4) is 0 Å². The molecule has 1 aliphatic heterocycles. The van der Waals surface area contributed by atoms with Crippen molar-refractivity contribution < 1.29 is 5.11 Å². The molecule has 0 aromatic heterocycles. The van der Waals surface area contributed by atoms with Gasteiger partial charge >= 0.3 is 0 Å². The fourth-order valence-electron chi connectivity index (χ4n) is 3.59. The highest BCUT2D eigenvalue weighted by atomic mass is 16.3. The zero-order chi connectivity index (χ0) is 9.54. The van der Waals surface area contributed by atoms with Gasteiger partial charge < -0.3 is 10.0 Å². The summed E-state index contributed by atoms with van der Waals surface area (Å²) in [4.78, 5) is 2.71. The zero-order valence-corrected chi connectivity index (χ0v) is 8.86. The first-order valence-corrected chi connectivity index (χ1v) is 6.23. The van der Waals surface area contributed by atoms with Gasteiger partial charge in [0, 0.05) is 12.6 Å². The Morgan fingerprint density at radius 3 is 2.36 bits per heavy atom. The van der Waals surface area contributed by atoms with Crippen LogP contribution in [0.15, 0.2) is 0 Å². The molecule has 2 nitrogen and oxygen atoms in total. The Morgan fingerprint density at radius 1 is 1.07 bits per heavy atom. The monoisotopic (exact) mass is 195 g/mol. The minimum absolute atomic E-state index is 0.407. The van der Waals surface area contributed by atoms with E-state index in [0.29, 0.717) is 12.5 Å². The molecule has 2 heteroatoms. The summed E-state index contributed by atoms with van der Waals surface area (Å²) >= 11 is 0. The second-order valence-corrected chi connectivity index (χ2v) is 5.47. The van der Waals surface area contributed by atoms with Crippen LogP contribution in [0.25, 0.3) is 0 Å². The van der Waals surface area contributed by atoms with Crippen molar-refractivity contribution >= 4 is 0 Å². The third kappa shape index (κ3) is 1.49. The summed E-state index contributed by atoms with van der Waals surface area (Å²) < 4.78 is 0. The molecule has 1 saturated heterocycles. The van der Waals surface area contributed by atoms with Gasteiger partial charge in [0.1, 0.15) is 0 Å². The number of nitrogens with zero attached hydrogens (tertiary/aromatic N) is 1. The molecule has 0 aromatic carbocycles. The molecule has 0 bridgehead atoms. The minimum atomic E-state index is 0.407. The van der Waals surface area contributed by atoms with Gasteiger partial charge in [-0.15, -0.1) is 0 Å². The number of fused-ring (bicyclic) bond motifs is 1. The highest BCUT2D eigenvalue weighted by molar-refractivity contribution is 5.02. The van der Waals surface area contributed by atoms with Crippen molar-refractivity contribution in [3.05, 3.63) is 0 Å². The van der Waals surface area contributed by atoms with Crippen molar-refractivity contribution in [2.75, 3.05) is 19.7 Å². The van der Waals surface area contributed by atoms with E-state index in [1.807, 2.05) is 0 Å². The Labute approximate surface area is 86.3 Å². The van der Waals surface area contributed by atoms with E-state index in [1.165, 1.54) is 45.2 Å². The molecule has 3 atom stereocenters. The number of hydrogen-bond donors (Lipinski definition) is 1. The van der Waals surface area contributed by atoms with Gasteiger partial charge in [0.15, 0.2) is 0 Å². The summed E-state index contributed by atoms with van der Waals surface area (Å²) in [5.74, 6) is 2.78. The van der Waals surface area contributed by atoms with Crippen LogP contribution in [-0.4, -0.2) is 35.7 Å². The third-order valence-corrected chi connectivity index (χ3v) is 4.68. The first kappa shape index (κ1) is 9.17. The van der Waals surface area contributed by atoms with E-state index in [0.717, 1.165) is 17.9 Å². The van der Waals surface area contributed by atoms with Crippen molar-refractivity contribution in [3.63, 3.8) is 0 Å². The maximum Gasteiger partial charge on any atom is 0.0460 e. The molecule has 1 N–H and O–H groups in total. The molecular formula is C12H21NO. The van der Waals surface area contributed by atoms with Crippen LogP contribution in [0, 0.1) is 17.8 Å². The van der Waals surface area contributed by atoms with Gasteiger partial charge in [0.2, 0.25) is 0 Å². The Hall–Kier alpha value is -0.0800. The van der Waals surface area contributed by atoms with Gasteiger partial charge in [-0.2, -0.15) is 0 Å². The van der Waals surface area contributed by atoms with Crippen LogP contribution < -0.4 is 0 Å². The molecule has 0 amide bonds. The van der Waals surface area contributed by atoms with E-state index in [4.69, 9.17) is 5.11 Å². The third-order valence-electron chi connectivity index (χ3n) is 4.68. The maximum absolute atomic E-state index is 9.08. The SMILES string of the molecule is OCC1CCN(C2CCC3CC32)CC1. The summed E-state index contributed by atoms with van der Waals surface area (Å²) in [6.07, 6.45) is 6.92. The van der Waals surface area contributed by atoms with Crippen molar-refractivity contribution in [2.24, 2.45) is 17.8 Å². The number of rotatable bonds is 2. The quantitative estimate of drug-likeness (QED) is 0.721. The number of likely N-dealkylation sites (tertiary alicyclic amines) is 1. The fraction of sp³-hybridized carbons (Fsp3) is 1.00. The van der Waals surface area contributed by atoms with Crippen LogP contribution in [0.1, 0.15) is 32.1 Å². The maximum atomic E-state index is 9.08. The number of hydrogen-bond acceptors (Lipinski definition) is 2. The number of aliphatic hydroxyl groups excluding tert-OH is 1. The van der Waals surface area contributed by atoms with Gasteiger partial charge in [0.25, 0.3) is 0 Å². The molecule has 3 unspecified atom stereocenters. The van der Waals surface area contributed by atoms with Crippen molar-refractivity contribution in [3.8, 4) is 0 Å². The Bertz CT molecular complexity index is 210.